The largest absolute Gasteiger partial charge is 0.492 e. The van der Waals surface area contributed by atoms with Gasteiger partial charge in [0.15, 0.2) is 0 Å². The lowest BCUT2D eigenvalue weighted by atomic mass is 10.0. The second kappa shape index (κ2) is 5.71. The molecule has 1 aromatic rings. The maximum atomic E-state index is 5.96. The average molecular weight is 278 g/mol. The SMILES string of the molecule is NC1=NSNc2cccc(OC[C@H]3CCCNC3)c21. The molecule has 2 aliphatic rings. The fourth-order valence-corrected chi connectivity index (χ4v) is 2.95. The Bertz CT molecular complexity index is 486. The van der Waals surface area contributed by atoms with Crippen LogP contribution in [0, 0.1) is 5.92 Å². The van der Waals surface area contributed by atoms with Gasteiger partial charge in [-0.2, -0.15) is 4.40 Å². The zero-order valence-electron chi connectivity index (χ0n) is 10.7. The average Bonchev–Trinajstić information content (AvgIpc) is 2.46. The molecule has 0 unspecified atom stereocenters. The summed E-state index contributed by atoms with van der Waals surface area (Å²) in [5.41, 5.74) is 7.80. The molecule has 1 aromatic carbocycles. The smallest absolute Gasteiger partial charge is 0.146 e. The highest BCUT2D eigenvalue weighted by molar-refractivity contribution is 7.99. The van der Waals surface area contributed by atoms with E-state index >= 15 is 0 Å². The number of piperidine rings is 1. The molecule has 3 rings (SSSR count). The van der Waals surface area contributed by atoms with Crippen molar-refractivity contribution in [3.63, 3.8) is 0 Å². The van der Waals surface area contributed by atoms with Gasteiger partial charge in [0, 0.05) is 12.5 Å². The van der Waals surface area contributed by atoms with Gasteiger partial charge < -0.3 is 20.5 Å². The summed E-state index contributed by atoms with van der Waals surface area (Å²) in [4.78, 5) is 0. The van der Waals surface area contributed by atoms with Crippen LogP contribution >= 0.6 is 12.1 Å². The van der Waals surface area contributed by atoms with Crippen molar-refractivity contribution in [2.75, 3.05) is 24.4 Å². The van der Waals surface area contributed by atoms with Crippen molar-refractivity contribution in [1.29, 1.82) is 0 Å². The van der Waals surface area contributed by atoms with Crippen LogP contribution in [-0.2, 0) is 0 Å². The van der Waals surface area contributed by atoms with Gasteiger partial charge in [-0.05, 0) is 31.5 Å². The summed E-state index contributed by atoms with van der Waals surface area (Å²) < 4.78 is 13.2. The molecule has 2 heterocycles. The molecule has 6 heteroatoms. The zero-order valence-corrected chi connectivity index (χ0v) is 11.5. The molecule has 0 amide bonds. The topological polar surface area (TPSA) is 71.7 Å². The fourth-order valence-electron chi connectivity index (χ4n) is 2.44. The molecule has 1 saturated heterocycles. The number of anilines is 1. The van der Waals surface area contributed by atoms with Crippen LogP contribution in [0.3, 0.4) is 0 Å². The van der Waals surface area contributed by atoms with E-state index in [9.17, 15) is 0 Å². The van der Waals surface area contributed by atoms with E-state index in [1.165, 1.54) is 25.0 Å². The third-order valence-corrected chi connectivity index (χ3v) is 4.05. The molecular formula is C13H18N4OS. The molecular weight excluding hydrogens is 260 g/mol. The summed E-state index contributed by atoms with van der Waals surface area (Å²) in [5, 5.41) is 3.40. The van der Waals surface area contributed by atoms with Crippen LogP contribution in [0.25, 0.3) is 0 Å². The highest BCUT2D eigenvalue weighted by Gasteiger charge is 2.19. The van der Waals surface area contributed by atoms with E-state index in [1.807, 2.05) is 18.2 Å². The summed E-state index contributed by atoms with van der Waals surface area (Å²) in [6.45, 7) is 2.88. The molecule has 0 bridgehead atoms. The summed E-state index contributed by atoms with van der Waals surface area (Å²) >= 11 is 1.25. The number of benzene rings is 1. The van der Waals surface area contributed by atoms with Crippen LogP contribution in [-0.4, -0.2) is 25.5 Å². The van der Waals surface area contributed by atoms with Crippen LogP contribution in [0.1, 0.15) is 18.4 Å². The molecule has 4 N–H and O–H groups in total. The summed E-state index contributed by atoms with van der Waals surface area (Å²) in [6.07, 6.45) is 2.45. The normalized spacial score (nSPS) is 22.1. The molecule has 0 aliphatic carbocycles. The number of nitrogens with zero attached hydrogens (tertiary/aromatic N) is 1. The van der Waals surface area contributed by atoms with Crippen molar-refractivity contribution in [1.82, 2.24) is 5.32 Å². The lowest BCUT2D eigenvalue weighted by Gasteiger charge is -2.24. The van der Waals surface area contributed by atoms with Crippen LogP contribution in [0.5, 0.6) is 5.75 Å². The third-order valence-electron chi connectivity index (χ3n) is 3.46. The number of hydrogen-bond donors (Lipinski definition) is 3. The van der Waals surface area contributed by atoms with Crippen LogP contribution < -0.4 is 20.5 Å². The minimum absolute atomic E-state index is 0.524. The highest BCUT2D eigenvalue weighted by atomic mass is 32.2. The third kappa shape index (κ3) is 2.79. The van der Waals surface area contributed by atoms with E-state index in [1.54, 1.807) is 0 Å². The van der Waals surface area contributed by atoms with Crippen LogP contribution in [0.2, 0.25) is 0 Å². The van der Waals surface area contributed by atoms with Crippen LogP contribution in [0.15, 0.2) is 22.6 Å². The Balaban J connectivity index is 1.73. The van der Waals surface area contributed by atoms with E-state index in [4.69, 9.17) is 10.5 Å². The van der Waals surface area contributed by atoms with Gasteiger partial charge in [0.05, 0.1) is 30.0 Å². The first-order chi connectivity index (χ1) is 9.34. The first-order valence-corrected chi connectivity index (χ1v) is 7.34. The van der Waals surface area contributed by atoms with Crippen molar-refractivity contribution in [2.24, 2.45) is 16.0 Å². The Morgan fingerprint density at radius 2 is 2.42 bits per heavy atom. The molecule has 0 saturated carbocycles. The van der Waals surface area contributed by atoms with Crippen molar-refractivity contribution >= 4 is 23.7 Å². The second-order valence-electron chi connectivity index (χ2n) is 4.87. The van der Waals surface area contributed by atoms with Gasteiger partial charge >= 0.3 is 0 Å². The molecule has 2 aliphatic heterocycles. The van der Waals surface area contributed by atoms with Crippen LogP contribution in [0.4, 0.5) is 5.69 Å². The van der Waals surface area contributed by atoms with Gasteiger partial charge in [0.2, 0.25) is 0 Å². The van der Waals surface area contributed by atoms with E-state index < -0.39 is 0 Å². The number of ether oxygens (including phenoxy) is 1. The number of hydrogen-bond acceptors (Lipinski definition) is 6. The second-order valence-corrected chi connectivity index (χ2v) is 5.44. The molecule has 1 fully saturated rings. The predicted octanol–water partition coefficient (Wildman–Crippen LogP) is 1.76. The summed E-state index contributed by atoms with van der Waals surface area (Å²) in [6, 6.07) is 5.91. The maximum absolute atomic E-state index is 5.96. The quantitative estimate of drug-likeness (QED) is 0.735. The maximum Gasteiger partial charge on any atom is 0.146 e. The van der Waals surface area contributed by atoms with E-state index in [0.29, 0.717) is 11.8 Å². The zero-order chi connectivity index (χ0) is 13.1. The Morgan fingerprint density at radius 3 is 3.26 bits per heavy atom. The van der Waals surface area contributed by atoms with Gasteiger partial charge in [-0.1, -0.05) is 6.07 Å². The number of amidine groups is 1. The van der Waals surface area contributed by atoms with Crippen molar-refractivity contribution in [3.8, 4) is 5.75 Å². The van der Waals surface area contributed by atoms with E-state index in [2.05, 4.69) is 14.4 Å². The molecule has 102 valence electrons. The minimum atomic E-state index is 0.524. The van der Waals surface area contributed by atoms with Gasteiger partial charge in [-0.15, -0.1) is 0 Å². The lowest BCUT2D eigenvalue weighted by Crippen LogP contribution is -2.33. The number of nitrogens with one attached hydrogen (secondary N) is 2. The Labute approximate surface area is 117 Å². The molecule has 0 aromatic heterocycles. The molecule has 19 heavy (non-hydrogen) atoms. The monoisotopic (exact) mass is 278 g/mol. The standard InChI is InChI=1S/C13H18N4OS/c14-13-12-10(16-19-17-13)4-1-5-11(12)18-8-9-3-2-6-15-7-9/h1,4-5,9,15-16H,2-3,6-8H2,(H2,14,17)/t9-/m0/s1. The summed E-state index contributed by atoms with van der Waals surface area (Å²) in [7, 11) is 0. The van der Waals surface area contributed by atoms with Crippen molar-refractivity contribution < 1.29 is 4.74 Å². The summed E-state index contributed by atoms with van der Waals surface area (Å²) in [5.74, 6) is 1.92. The lowest BCUT2D eigenvalue weighted by molar-refractivity contribution is 0.218. The molecule has 1 atom stereocenters. The Kier molecular flexibility index (Phi) is 3.79. The highest BCUT2D eigenvalue weighted by Crippen LogP contribution is 2.32. The number of nitrogens with two attached hydrogens (primary N) is 1. The van der Waals surface area contributed by atoms with E-state index in [0.717, 1.165) is 36.7 Å². The first kappa shape index (κ1) is 12.6. The van der Waals surface area contributed by atoms with Gasteiger partial charge in [0.1, 0.15) is 11.6 Å². The first-order valence-electron chi connectivity index (χ1n) is 6.57. The Hall–Kier alpha value is -1.40. The molecule has 0 radical (unpaired) electrons. The van der Waals surface area contributed by atoms with Gasteiger partial charge in [-0.25, -0.2) is 0 Å². The Morgan fingerprint density at radius 1 is 1.47 bits per heavy atom. The molecule has 5 nitrogen and oxygen atoms in total. The number of rotatable bonds is 3. The van der Waals surface area contributed by atoms with E-state index in [-0.39, 0.29) is 0 Å². The molecule has 0 spiro atoms. The fraction of sp³-hybridized carbons (Fsp3) is 0.462. The van der Waals surface area contributed by atoms with Crippen molar-refractivity contribution in [2.45, 2.75) is 12.8 Å². The van der Waals surface area contributed by atoms with Gasteiger partial charge in [-0.3, -0.25) is 0 Å². The minimum Gasteiger partial charge on any atom is -0.492 e. The van der Waals surface area contributed by atoms with Crippen molar-refractivity contribution in [3.05, 3.63) is 23.8 Å². The van der Waals surface area contributed by atoms with Gasteiger partial charge in [0.25, 0.3) is 0 Å². The number of fused-ring (bicyclic) bond motifs is 1. The predicted molar refractivity (Wildman–Crippen MR) is 79.5 cm³/mol.